The van der Waals surface area contributed by atoms with Crippen LogP contribution in [-0.4, -0.2) is 29.4 Å². The van der Waals surface area contributed by atoms with E-state index in [1.54, 1.807) is 25.3 Å². The quantitative estimate of drug-likeness (QED) is 0.578. The third kappa shape index (κ3) is 2.50. The number of hydrogen-bond acceptors (Lipinski definition) is 5. The van der Waals surface area contributed by atoms with Gasteiger partial charge in [0.25, 0.3) is 0 Å². The Labute approximate surface area is 98.7 Å². The number of ether oxygens (including phenoxy) is 2. The van der Waals surface area contributed by atoms with Gasteiger partial charge in [0.05, 0.1) is 12.3 Å². The molecule has 5 heteroatoms. The van der Waals surface area contributed by atoms with Crippen molar-refractivity contribution in [3.63, 3.8) is 0 Å². The molecule has 2 unspecified atom stereocenters. The Morgan fingerprint density at radius 2 is 2.41 bits per heavy atom. The van der Waals surface area contributed by atoms with E-state index < -0.39 is 18.2 Å². The van der Waals surface area contributed by atoms with Crippen molar-refractivity contribution in [2.45, 2.75) is 25.6 Å². The lowest BCUT2D eigenvalue weighted by molar-refractivity contribution is -0.158. The van der Waals surface area contributed by atoms with Crippen LogP contribution in [0, 0.1) is 0 Å². The number of nitrogens with zero attached hydrogens (tertiary/aromatic N) is 1. The molecule has 1 aromatic heterocycles. The monoisotopic (exact) mass is 235 g/mol. The maximum atomic E-state index is 11.6. The third-order valence-electron chi connectivity index (χ3n) is 2.50. The summed E-state index contributed by atoms with van der Waals surface area (Å²) < 4.78 is 10.2. The smallest absolute Gasteiger partial charge is 0.343 e. The molecule has 1 aliphatic heterocycles. The number of hydrogen-bond donors (Lipinski definition) is 0. The second-order valence-corrected chi connectivity index (χ2v) is 3.68. The maximum absolute atomic E-state index is 11.6. The first-order valence-electron chi connectivity index (χ1n) is 5.48. The predicted octanol–water partition coefficient (Wildman–Crippen LogP) is 1.04. The zero-order chi connectivity index (χ0) is 12.3. The Bertz CT molecular complexity index is 418. The summed E-state index contributed by atoms with van der Waals surface area (Å²) in [5.74, 6) is -0.866. The van der Waals surface area contributed by atoms with Gasteiger partial charge in [-0.25, -0.2) is 4.79 Å². The Morgan fingerprint density at radius 1 is 1.59 bits per heavy atom. The van der Waals surface area contributed by atoms with Gasteiger partial charge in [-0.2, -0.15) is 0 Å². The lowest BCUT2D eigenvalue weighted by Crippen LogP contribution is -2.28. The van der Waals surface area contributed by atoms with Crippen LogP contribution in [0.15, 0.2) is 24.4 Å². The molecule has 1 fully saturated rings. The van der Waals surface area contributed by atoms with Gasteiger partial charge in [0, 0.05) is 12.6 Å². The standard InChI is InChI=1S/C12H13NO4/c1-2-16-12(15)11-9(14)7-10(17-11)8-5-3-4-6-13-8/h3-6,10-11H,2,7H2,1H3. The summed E-state index contributed by atoms with van der Waals surface area (Å²) in [6, 6.07) is 5.36. The first-order valence-corrected chi connectivity index (χ1v) is 5.48. The van der Waals surface area contributed by atoms with Crippen LogP contribution in [0.2, 0.25) is 0 Å². The van der Waals surface area contributed by atoms with Crippen LogP contribution in [0.5, 0.6) is 0 Å². The summed E-state index contributed by atoms with van der Waals surface area (Å²) >= 11 is 0. The maximum Gasteiger partial charge on any atom is 0.343 e. The molecular formula is C12H13NO4. The van der Waals surface area contributed by atoms with Gasteiger partial charge in [-0.05, 0) is 19.1 Å². The lowest BCUT2D eigenvalue weighted by atomic mass is 10.1. The highest BCUT2D eigenvalue weighted by Crippen LogP contribution is 2.29. The fraction of sp³-hybridized carbons (Fsp3) is 0.417. The molecular weight excluding hydrogens is 222 g/mol. The van der Waals surface area contributed by atoms with Gasteiger partial charge in [0.15, 0.2) is 5.78 Å². The molecule has 0 saturated carbocycles. The number of ketones is 1. The number of carbonyl (C=O) groups is 2. The summed E-state index contributed by atoms with van der Waals surface area (Å²) in [5, 5.41) is 0. The fourth-order valence-corrected chi connectivity index (χ4v) is 1.72. The van der Waals surface area contributed by atoms with E-state index in [0.717, 1.165) is 0 Å². The predicted molar refractivity (Wildman–Crippen MR) is 58.1 cm³/mol. The van der Waals surface area contributed by atoms with E-state index in [2.05, 4.69) is 4.98 Å². The van der Waals surface area contributed by atoms with E-state index in [1.807, 2.05) is 6.07 Å². The summed E-state index contributed by atoms with van der Waals surface area (Å²) in [6.07, 6.45) is 0.251. The minimum absolute atomic E-state index is 0.167. The largest absolute Gasteiger partial charge is 0.464 e. The van der Waals surface area contributed by atoms with E-state index in [9.17, 15) is 9.59 Å². The molecule has 0 aliphatic carbocycles. The number of Topliss-reactive ketones (excluding diaryl/α,β-unsaturated/α-hetero) is 1. The Morgan fingerprint density at radius 3 is 3.06 bits per heavy atom. The van der Waals surface area contributed by atoms with Crippen molar-refractivity contribution in [1.82, 2.24) is 4.98 Å². The number of pyridine rings is 1. The van der Waals surface area contributed by atoms with E-state index in [1.165, 1.54) is 0 Å². The molecule has 2 rings (SSSR count). The molecule has 1 aromatic rings. The Balaban J connectivity index is 2.07. The van der Waals surface area contributed by atoms with Crippen LogP contribution in [-0.2, 0) is 19.1 Å². The van der Waals surface area contributed by atoms with Crippen LogP contribution in [0.4, 0.5) is 0 Å². The SMILES string of the molecule is CCOC(=O)C1OC(c2ccccn2)CC1=O. The highest BCUT2D eigenvalue weighted by atomic mass is 16.6. The van der Waals surface area contributed by atoms with Gasteiger partial charge in [-0.15, -0.1) is 0 Å². The third-order valence-corrected chi connectivity index (χ3v) is 2.50. The second-order valence-electron chi connectivity index (χ2n) is 3.68. The van der Waals surface area contributed by atoms with Crippen molar-refractivity contribution in [3.05, 3.63) is 30.1 Å². The van der Waals surface area contributed by atoms with E-state index in [0.29, 0.717) is 5.69 Å². The van der Waals surface area contributed by atoms with Gasteiger partial charge in [-0.3, -0.25) is 9.78 Å². The average Bonchev–Trinajstić information content (AvgIpc) is 2.73. The minimum atomic E-state index is -1.10. The zero-order valence-electron chi connectivity index (χ0n) is 9.46. The Kier molecular flexibility index (Phi) is 3.49. The molecule has 5 nitrogen and oxygen atoms in total. The van der Waals surface area contributed by atoms with Crippen molar-refractivity contribution in [3.8, 4) is 0 Å². The fourth-order valence-electron chi connectivity index (χ4n) is 1.72. The summed E-state index contributed by atoms with van der Waals surface area (Å²) in [4.78, 5) is 27.2. The van der Waals surface area contributed by atoms with Crippen molar-refractivity contribution in [1.29, 1.82) is 0 Å². The lowest BCUT2D eigenvalue weighted by Gasteiger charge is -2.10. The normalized spacial score (nSPS) is 23.7. The van der Waals surface area contributed by atoms with E-state index in [4.69, 9.17) is 9.47 Å². The molecule has 2 heterocycles. The molecule has 0 N–H and O–H groups in total. The highest BCUT2D eigenvalue weighted by Gasteiger charge is 2.40. The van der Waals surface area contributed by atoms with Crippen LogP contribution >= 0.6 is 0 Å². The van der Waals surface area contributed by atoms with Crippen molar-refractivity contribution >= 4 is 11.8 Å². The number of esters is 1. The summed E-state index contributed by atoms with van der Waals surface area (Å²) in [6.45, 7) is 1.92. The van der Waals surface area contributed by atoms with Gasteiger partial charge in [0.1, 0.15) is 6.10 Å². The van der Waals surface area contributed by atoms with Crippen molar-refractivity contribution in [2.24, 2.45) is 0 Å². The molecule has 0 radical (unpaired) electrons. The van der Waals surface area contributed by atoms with E-state index >= 15 is 0 Å². The molecule has 0 spiro atoms. The molecule has 0 aromatic carbocycles. The average molecular weight is 235 g/mol. The minimum Gasteiger partial charge on any atom is -0.464 e. The molecule has 2 atom stereocenters. The van der Waals surface area contributed by atoms with Gasteiger partial charge in [0.2, 0.25) is 6.10 Å². The molecule has 90 valence electrons. The Hall–Kier alpha value is -1.75. The molecule has 17 heavy (non-hydrogen) atoms. The molecule has 0 amide bonds. The molecule has 1 saturated heterocycles. The number of rotatable bonds is 3. The van der Waals surface area contributed by atoms with Crippen molar-refractivity contribution in [2.75, 3.05) is 6.61 Å². The molecule has 0 bridgehead atoms. The summed E-state index contributed by atoms with van der Waals surface area (Å²) in [7, 11) is 0. The first-order chi connectivity index (χ1) is 8.22. The van der Waals surface area contributed by atoms with Gasteiger partial charge >= 0.3 is 5.97 Å². The summed E-state index contributed by atoms with van der Waals surface area (Å²) in [5.41, 5.74) is 0.660. The van der Waals surface area contributed by atoms with Gasteiger partial charge in [-0.1, -0.05) is 6.07 Å². The van der Waals surface area contributed by atoms with Crippen molar-refractivity contribution < 1.29 is 19.1 Å². The molecule has 1 aliphatic rings. The van der Waals surface area contributed by atoms with Crippen LogP contribution < -0.4 is 0 Å². The van der Waals surface area contributed by atoms with Crippen LogP contribution in [0.1, 0.15) is 25.1 Å². The highest BCUT2D eigenvalue weighted by molar-refractivity contribution is 6.03. The zero-order valence-corrected chi connectivity index (χ0v) is 9.46. The number of aromatic nitrogens is 1. The van der Waals surface area contributed by atoms with Gasteiger partial charge < -0.3 is 9.47 Å². The topological polar surface area (TPSA) is 65.5 Å². The number of carbonyl (C=O) groups excluding carboxylic acids is 2. The second kappa shape index (κ2) is 5.05. The van der Waals surface area contributed by atoms with Crippen LogP contribution in [0.25, 0.3) is 0 Å². The van der Waals surface area contributed by atoms with E-state index in [-0.39, 0.29) is 18.8 Å². The van der Waals surface area contributed by atoms with Crippen LogP contribution in [0.3, 0.4) is 0 Å². The first kappa shape index (κ1) is 11.7.